The number of carbonyl (C=O) groups is 2. The van der Waals surface area contributed by atoms with Crippen LogP contribution in [0.2, 0.25) is 0 Å². The number of amides is 2. The van der Waals surface area contributed by atoms with Gasteiger partial charge in [0, 0.05) is 23.5 Å². The Kier molecular flexibility index (Phi) is 10.1. The number of carbonyl (C=O) groups excluding carboxylic acids is 2. The molecule has 0 heterocycles. The van der Waals surface area contributed by atoms with Crippen molar-refractivity contribution in [2.75, 3.05) is 6.61 Å². The Morgan fingerprint density at radius 1 is 0.944 bits per heavy atom. The van der Waals surface area contributed by atoms with E-state index in [0.29, 0.717) is 18.7 Å². The minimum absolute atomic E-state index is 0.00641. The number of hydrogen-bond acceptors (Lipinski definition) is 3. The predicted molar refractivity (Wildman–Crippen MR) is 148 cm³/mol. The van der Waals surface area contributed by atoms with Gasteiger partial charge in [-0.2, -0.15) is 0 Å². The summed E-state index contributed by atoms with van der Waals surface area (Å²) in [5.41, 5.74) is 4.07. The molecule has 6 heteroatoms. The second kappa shape index (κ2) is 13.3. The highest BCUT2D eigenvalue weighted by Crippen LogP contribution is 2.19. The molecular weight excluding hydrogens is 516 g/mol. The van der Waals surface area contributed by atoms with Crippen molar-refractivity contribution in [3.05, 3.63) is 99.5 Å². The summed E-state index contributed by atoms with van der Waals surface area (Å²) < 4.78 is 6.88. The minimum atomic E-state index is -0.680. The summed E-state index contributed by atoms with van der Waals surface area (Å²) in [6, 6.07) is 22.8. The molecule has 0 spiro atoms. The van der Waals surface area contributed by atoms with Gasteiger partial charge in [-0.1, -0.05) is 71.4 Å². The molecule has 0 radical (unpaired) electrons. The first kappa shape index (κ1) is 27.5. The van der Waals surface area contributed by atoms with Crippen LogP contribution in [-0.4, -0.2) is 35.4 Å². The number of ether oxygens (including phenoxy) is 1. The molecule has 0 aliphatic rings. The second-order valence-electron chi connectivity index (χ2n) is 9.28. The summed E-state index contributed by atoms with van der Waals surface area (Å²) in [5, 5.41) is 3.09. The largest absolute Gasteiger partial charge is 0.484 e. The Morgan fingerprint density at radius 3 is 2.19 bits per heavy atom. The lowest BCUT2D eigenvalue weighted by atomic mass is 10.0. The van der Waals surface area contributed by atoms with Gasteiger partial charge in [-0.3, -0.25) is 9.59 Å². The van der Waals surface area contributed by atoms with Gasteiger partial charge in [0.15, 0.2) is 6.61 Å². The van der Waals surface area contributed by atoms with Gasteiger partial charge < -0.3 is 15.0 Å². The highest BCUT2D eigenvalue weighted by Gasteiger charge is 2.31. The van der Waals surface area contributed by atoms with Crippen molar-refractivity contribution in [3.63, 3.8) is 0 Å². The number of nitrogens with zero attached hydrogens (tertiary/aromatic N) is 1. The molecule has 0 aliphatic carbocycles. The van der Waals surface area contributed by atoms with Gasteiger partial charge in [-0.25, -0.2) is 0 Å². The van der Waals surface area contributed by atoms with Gasteiger partial charge in [-0.15, -0.1) is 0 Å². The molecule has 0 bridgehead atoms. The topological polar surface area (TPSA) is 58.6 Å². The molecule has 3 aromatic carbocycles. The van der Waals surface area contributed by atoms with E-state index in [1.54, 1.807) is 4.90 Å². The second-order valence-corrected chi connectivity index (χ2v) is 10.2. The highest BCUT2D eigenvalue weighted by atomic mass is 79.9. The standard InChI is InChI=1S/C30H35BrN2O3/c1-5-23(4)32-30(35)28(18-24-9-7-6-8-10-24)33(19-25-11-13-26(31)14-12-25)29(34)20-36-27-16-21(2)15-22(3)17-27/h6-17,23,28H,5,18-20H2,1-4H3,(H,32,35)/t23-,28-/m1/s1. The summed E-state index contributed by atoms with van der Waals surface area (Å²) in [5.74, 6) is 0.246. The third-order valence-corrected chi connectivity index (χ3v) is 6.62. The number of aryl methyl sites for hydroxylation is 2. The summed E-state index contributed by atoms with van der Waals surface area (Å²) >= 11 is 3.47. The molecular formula is C30H35BrN2O3. The average molecular weight is 552 g/mol. The molecule has 0 aliphatic heterocycles. The lowest BCUT2D eigenvalue weighted by Gasteiger charge is -2.32. The third-order valence-electron chi connectivity index (χ3n) is 6.10. The van der Waals surface area contributed by atoms with Crippen LogP contribution in [0.4, 0.5) is 0 Å². The molecule has 0 unspecified atom stereocenters. The molecule has 2 amide bonds. The van der Waals surface area contributed by atoms with Crippen LogP contribution in [0.5, 0.6) is 5.75 Å². The summed E-state index contributed by atoms with van der Waals surface area (Å²) in [6.45, 7) is 8.14. The fourth-order valence-corrected chi connectivity index (χ4v) is 4.29. The molecule has 2 atom stereocenters. The van der Waals surface area contributed by atoms with Crippen molar-refractivity contribution in [3.8, 4) is 5.75 Å². The van der Waals surface area contributed by atoms with E-state index >= 15 is 0 Å². The van der Waals surface area contributed by atoms with Crippen molar-refractivity contribution in [1.82, 2.24) is 10.2 Å². The van der Waals surface area contributed by atoms with Gasteiger partial charge in [0.05, 0.1) is 0 Å². The van der Waals surface area contributed by atoms with E-state index in [9.17, 15) is 9.59 Å². The Labute approximate surface area is 223 Å². The summed E-state index contributed by atoms with van der Waals surface area (Å²) in [4.78, 5) is 28.8. The van der Waals surface area contributed by atoms with E-state index < -0.39 is 6.04 Å². The van der Waals surface area contributed by atoms with Crippen molar-refractivity contribution in [1.29, 1.82) is 0 Å². The maximum absolute atomic E-state index is 13.7. The number of halogens is 1. The van der Waals surface area contributed by atoms with Crippen LogP contribution in [-0.2, 0) is 22.6 Å². The Hall–Kier alpha value is -3.12. The Bertz CT molecular complexity index is 1130. The van der Waals surface area contributed by atoms with Crippen LogP contribution in [0.25, 0.3) is 0 Å². The molecule has 3 aromatic rings. The Balaban J connectivity index is 1.91. The van der Waals surface area contributed by atoms with Crippen molar-refractivity contribution in [2.45, 2.75) is 59.2 Å². The first-order valence-electron chi connectivity index (χ1n) is 12.3. The normalized spacial score (nSPS) is 12.5. The molecule has 0 saturated carbocycles. The van der Waals surface area contributed by atoms with E-state index in [-0.39, 0.29) is 24.5 Å². The summed E-state index contributed by atoms with van der Waals surface area (Å²) in [7, 11) is 0. The lowest BCUT2D eigenvalue weighted by molar-refractivity contribution is -0.143. The molecule has 190 valence electrons. The lowest BCUT2D eigenvalue weighted by Crippen LogP contribution is -2.53. The van der Waals surface area contributed by atoms with Crippen LogP contribution in [0.3, 0.4) is 0 Å². The Morgan fingerprint density at radius 2 is 1.58 bits per heavy atom. The first-order chi connectivity index (χ1) is 17.2. The zero-order valence-corrected chi connectivity index (χ0v) is 23.0. The van der Waals surface area contributed by atoms with Crippen molar-refractivity contribution < 1.29 is 14.3 Å². The van der Waals surface area contributed by atoms with Crippen molar-refractivity contribution >= 4 is 27.7 Å². The fraction of sp³-hybridized carbons (Fsp3) is 0.333. The number of hydrogen-bond donors (Lipinski definition) is 1. The van der Waals surface area contributed by atoms with Crippen LogP contribution in [0.15, 0.2) is 77.3 Å². The van der Waals surface area contributed by atoms with Gasteiger partial charge in [0.1, 0.15) is 11.8 Å². The van der Waals surface area contributed by atoms with Gasteiger partial charge in [-0.05, 0) is 73.7 Å². The number of rotatable bonds is 11. The van der Waals surface area contributed by atoms with E-state index in [1.807, 2.05) is 94.4 Å². The molecule has 5 nitrogen and oxygen atoms in total. The maximum atomic E-state index is 13.7. The fourth-order valence-electron chi connectivity index (χ4n) is 4.03. The molecule has 0 aromatic heterocycles. The van der Waals surface area contributed by atoms with E-state index in [0.717, 1.165) is 33.1 Å². The highest BCUT2D eigenvalue weighted by molar-refractivity contribution is 9.10. The van der Waals surface area contributed by atoms with Crippen molar-refractivity contribution in [2.24, 2.45) is 0 Å². The van der Waals surface area contributed by atoms with Crippen LogP contribution in [0, 0.1) is 13.8 Å². The van der Waals surface area contributed by atoms with Gasteiger partial charge >= 0.3 is 0 Å². The average Bonchev–Trinajstić information content (AvgIpc) is 2.85. The van der Waals surface area contributed by atoms with E-state index in [1.165, 1.54) is 0 Å². The van der Waals surface area contributed by atoms with E-state index in [4.69, 9.17) is 4.74 Å². The first-order valence-corrected chi connectivity index (χ1v) is 13.1. The number of benzene rings is 3. The SMILES string of the molecule is CC[C@@H](C)NC(=O)[C@@H](Cc1ccccc1)N(Cc1ccc(Br)cc1)C(=O)COc1cc(C)cc(C)c1. The van der Waals surface area contributed by atoms with Gasteiger partial charge in [0.2, 0.25) is 5.91 Å². The molecule has 36 heavy (non-hydrogen) atoms. The van der Waals surface area contributed by atoms with Gasteiger partial charge in [0.25, 0.3) is 5.91 Å². The monoisotopic (exact) mass is 550 g/mol. The maximum Gasteiger partial charge on any atom is 0.261 e. The summed E-state index contributed by atoms with van der Waals surface area (Å²) in [6.07, 6.45) is 1.22. The quantitative estimate of drug-likeness (QED) is 0.318. The molecule has 0 fully saturated rings. The molecule has 1 N–H and O–H groups in total. The van der Waals surface area contributed by atoms with Crippen LogP contribution < -0.4 is 10.1 Å². The third kappa shape index (κ3) is 8.23. The smallest absolute Gasteiger partial charge is 0.261 e. The minimum Gasteiger partial charge on any atom is -0.484 e. The molecule has 3 rings (SSSR count). The van der Waals surface area contributed by atoms with Crippen LogP contribution in [0.1, 0.15) is 42.5 Å². The zero-order chi connectivity index (χ0) is 26.1. The van der Waals surface area contributed by atoms with Crippen LogP contribution >= 0.6 is 15.9 Å². The zero-order valence-electron chi connectivity index (χ0n) is 21.5. The van der Waals surface area contributed by atoms with E-state index in [2.05, 4.69) is 27.3 Å². The molecule has 0 saturated heterocycles. The predicted octanol–water partition coefficient (Wildman–Crippen LogP) is 6.00. The number of nitrogens with one attached hydrogen (secondary N) is 1.